The fourth-order valence-corrected chi connectivity index (χ4v) is 4.87. The van der Waals surface area contributed by atoms with Crippen LogP contribution in [0.15, 0.2) is 66.7 Å². The van der Waals surface area contributed by atoms with Crippen molar-refractivity contribution in [2.24, 2.45) is 0 Å². The van der Waals surface area contributed by atoms with E-state index in [1.807, 2.05) is 19.1 Å². The van der Waals surface area contributed by atoms with Gasteiger partial charge in [-0.25, -0.2) is 4.79 Å². The zero-order valence-electron chi connectivity index (χ0n) is 16.2. The Bertz CT molecular complexity index is 1140. The molecule has 5 heteroatoms. The van der Waals surface area contributed by atoms with Crippen LogP contribution in [0.5, 0.6) is 0 Å². The van der Waals surface area contributed by atoms with Crippen molar-refractivity contribution in [2.75, 3.05) is 21.3 Å². The van der Waals surface area contributed by atoms with E-state index >= 15 is 0 Å². The minimum absolute atomic E-state index is 0.0762. The van der Waals surface area contributed by atoms with Crippen LogP contribution >= 0.6 is 0 Å². The molecule has 144 valence electrons. The van der Waals surface area contributed by atoms with Gasteiger partial charge in [0, 0.05) is 24.5 Å². The molecule has 5 nitrogen and oxygen atoms in total. The molecule has 0 saturated heterocycles. The zero-order valence-corrected chi connectivity index (χ0v) is 16.2. The van der Waals surface area contributed by atoms with E-state index in [0.717, 1.165) is 24.5 Å². The van der Waals surface area contributed by atoms with Gasteiger partial charge in [-0.05, 0) is 48.4 Å². The predicted octanol–water partition coefficient (Wildman–Crippen LogP) is 4.64. The monoisotopic (exact) mass is 383 g/mol. The molecule has 1 unspecified atom stereocenters. The Morgan fingerprint density at radius 3 is 2.14 bits per heavy atom. The summed E-state index contributed by atoms with van der Waals surface area (Å²) in [7, 11) is 0. The van der Waals surface area contributed by atoms with Crippen molar-refractivity contribution in [3.63, 3.8) is 0 Å². The number of hydrogen-bond acceptors (Lipinski definition) is 5. The Morgan fingerprint density at radius 2 is 1.48 bits per heavy atom. The molecule has 0 radical (unpaired) electrons. The maximum absolute atomic E-state index is 12.3. The number of benzene rings is 3. The molecule has 0 saturated carbocycles. The third kappa shape index (κ3) is 2.24. The van der Waals surface area contributed by atoms with Crippen LogP contribution in [0.1, 0.15) is 28.4 Å². The molecule has 3 aromatic carbocycles. The van der Waals surface area contributed by atoms with Crippen LogP contribution in [-0.4, -0.2) is 18.9 Å². The molecule has 29 heavy (non-hydrogen) atoms. The lowest BCUT2D eigenvalue weighted by atomic mass is 10.0. The van der Waals surface area contributed by atoms with E-state index in [1.54, 1.807) is 0 Å². The number of rotatable bonds is 2. The van der Waals surface area contributed by atoms with Crippen LogP contribution < -0.4 is 14.7 Å². The lowest BCUT2D eigenvalue weighted by molar-refractivity contribution is 0.0526. The van der Waals surface area contributed by atoms with E-state index in [1.165, 1.54) is 22.5 Å². The average molecular weight is 383 g/mol. The summed E-state index contributed by atoms with van der Waals surface area (Å²) < 4.78 is 5.24. The maximum atomic E-state index is 12.3. The van der Waals surface area contributed by atoms with Gasteiger partial charge in [0.2, 0.25) is 0 Å². The van der Waals surface area contributed by atoms with Crippen LogP contribution in [0.3, 0.4) is 0 Å². The molecule has 0 spiro atoms. The Morgan fingerprint density at radius 1 is 0.862 bits per heavy atom. The first-order valence-electron chi connectivity index (χ1n) is 10.1. The van der Waals surface area contributed by atoms with Crippen molar-refractivity contribution in [1.29, 1.82) is 0 Å². The van der Waals surface area contributed by atoms with E-state index < -0.39 is 0 Å². The first kappa shape index (κ1) is 16.5. The summed E-state index contributed by atoms with van der Waals surface area (Å²) in [5.74, 6) is -0.266. The first-order chi connectivity index (χ1) is 14.3. The van der Waals surface area contributed by atoms with Gasteiger partial charge in [0.25, 0.3) is 0 Å². The van der Waals surface area contributed by atoms with Crippen LogP contribution in [-0.2, 0) is 17.8 Å². The molecule has 6 rings (SSSR count). The topological polar surface area (TPSA) is 36.0 Å². The van der Waals surface area contributed by atoms with Gasteiger partial charge < -0.3 is 19.4 Å². The summed E-state index contributed by atoms with van der Waals surface area (Å²) in [5.41, 5.74) is 7.96. The predicted molar refractivity (Wildman–Crippen MR) is 114 cm³/mol. The molecule has 0 fully saturated rings. The number of carbonyl (C=O) groups excluding carboxylic acids is 1. The molecule has 3 heterocycles. The van der Waals surface area contributed by atoms with Crippen LogP contribution in [0.4, 0.5) is 22.7 Å². The highest BCUT2D eigenvalue weighted by molar-refractivity contribution is 5.95. The fraction of sp³-hybridized carbons (Fsp3) is 0.208. The van der Waals surface area contributed by atoms with Crippen molar-refractivity contribution in [1.82, 2.24) is 0 Å². The van der Waals surface area contributed by atoms with Gasteiger partial charge in [-0.1, -0.05) is 36.4 Å². The summed E-state index contributed by atoms with van der Waals surface area (Å²) in [6.45, 7) is 3.88. The Balaban J connectivity index is 1.55. The molecular formula is C24H21N3O2. The number of carbonyl (C=O) groups is 1. The van der Waals surface area contributed by atoms with Gasteiger partial charge in [-0.3, -0.25) is 0 Å². The fourth-order valence-electron chi connectivity index (χ4n) is 4.87. The quantitative estimate of drug-likeness (QED) is 0.603. The van der Waals surface area contributed by atoms with E-state index in [4.69, 9.17) is 4.74 Å². The molecule has 0 bridgehead atoms. The summed E-state index contributed by atoms with van der Waals surface area (Å²) in [6, 6.07) is 23.2. The van der Waals surface area contributed by atoms with Crippen molar-refractivity contribution in [3.05, 3.63) is 83.4 Å². The van der Waals surface area contributed by atoms with Crippen LogP contribution in [0, 0.1) is 0 Å². The van der Waals surface area contributed by atoms with Crippen molar-refractivity contribution < 1.29 is 9.53 Å². The SMILES string of the molecule is CCOC(=O)c1ccc2c(c1)N1Cc3ccccc3N3c4ccccc4CN2C13. The normalized spacial score (nSPS) is 18.0. The number of anilines is 4. The van der Waals surface area contributed by atoms with Gasteiger partial charge in [0.15, 0.2) is 6.29 Å². The van der Waals surface area contributed by atoms with Crippen LogP contribution in [0.2, 0.25) is 0 Å². The van der Waals surface area contributed by atoms with Gasteiger partial charge in [-0.15, -0.1) is 0 Å². The summed E-state index contributed by atoms with van der Waals surface area (Å²) in [6.07, 6.45) is 0.0762. The second-order valence-corrected chi connectivity index (χ2v) is 7.65. The highest BCUT2D eigenvalue weighted by Crippen LogP contribution is 2.52. The largest absolute Gasteiger partial charge is 0.462 e. The number of nitrogens with zero attached hydrogens (tertiary/aromatic N) is 3. The smallest absolute Gasteiger partial charge is 0.338 e. The van der Waals surface area contributed by atoms with Gasteiger partial charge >= 0.3 is 5.97 Å². The molecule has 0 N–H and O–H groups in total. The number of hydrogen-bond donors (Lipinski definition) is 0. The molecule has 3 aliphatic rings. The Kier molecular flexibility index (Phi) is 3.42. The second kappa shape index (κ2) is 6.01. The molecule has 3 aromatic rings. The number of ether oxygens (including phenoxy) is 1. The average Bonchev–Trinajstić information content (AvgIpc) is 3.07. The number of esters is 1. The van der Waals surface area contributed by atoms with Gasteiger partial charge in [0.1, 0.15) is 0 Å². The summed E-state index contributed by atoms with van der Waals surface area (Å²) in [5, 5.41) is 0. The minimum Gasteiger partial charge on any atom is -0.462 e. The van der Waals surface area contributed by atoms with Gasteiger partial charge in [0.05, 0.1) is 23.5 Å². The van der Waals surface area contributed by atoms with Crippen molar-refractivity contribution in [3.8, 4) is 0 Å². The number of para-hydroxylation sites is 2. The van der Waals surface area contributed by atoms with E-state index in [0.29, 0.717) is 12.2 Å². The van der Waals surface area contributed by atoms with E-state index in [-0.39, 0.29) is 12.3 Å². The minimum atomic E-state index is -0.266. The van der Waals surface area contributed by atoms with E-state index in [9.17, 15) is 4.79 Å². The van der Waals surface area contributed by atoms with Crippen molar-refractivity contribution in [2.45, 2.75) is 26.3 Å². The zero-order chi connectivity index (χ0) is 19.5. The van der Waals surface area contributed by atoms with E-state index in [2.05, 4.69) is 69.3 Å². The van der Waals surface area contributed by atoms with Crippen molar-refractivity contribution >= 4 is 28.7 Å². The lowest BCUT2D eigenvalue weighted by Crippen LogP contribution is -2.58. The highest BCUT2D eigenvalue weighted by atomic mass is 16.5. The summed E-state index contributed by atoms with van der Waals surface area (Å²) >= 11 is 0. The third-order valence-electron chi connectivity index (χ3n) is 6.08. The Hall–Kier alpha value is -3.47. The second-order valence-electron chi connectivity index (χ2n) is 7.65. The molecule has 0 aromatic heterocycles. The molecule has 0 amide bonds. The maximum Gasteiger partial charge on any atom is 0.338 e. The third-order valence-corrected chi connectivity index (χ3v) is 6.08. The molecule has 0 aliphatic carbocycles. The number of fused-ring (bicyclic) bond motifs is 7. The lowest BCUT2D eigenvalue weighted by Gasteiger charge is -2.50. The highest BCUT2D eigenvalue weighted by Gasteiger charge is 2.47. The Labute approximate surface area is 169 Å². The first-order valence-corrected chi connectivity index (χ1v) is 10.1. The summed E-state index contributed by atoms with van der Waals surface area (Å²) in [4.78, 5) is 19.6. The molecular weight excluding hydrogens is 362 g/mol. The van der Waals surface area contributed by atoms with Gasteiger partial charge in [-0.2, -0.15) is 0 Å². The molecule has 3 aliphatic heterocycles. The molecule has 1 atom stereocenters. The van der Waals surface area contributed by atoms with Crippen LogP contribution in [0.25, 0.3) is 0 Å². The standard InChI is InChI=1S/C24H21N3O2/c1-2-29-23(28)16-11-12-21-22(13-16)26-15-18-8-4-6-10-20(18)27-19-9-5-3-7-17(19)14-25(21)24(26)27/h3-13,24H,2,14-15H2,1H3.